The predicted molar refractivity (Wildman–Crippen MR) is 266 cm³/mol. The van der Waals surface area contributed by atoms with Crippen LogP contribution in [0.25, 0.3) is 89.6 Å². The Bertz CT molecular complexity index is 3170. The van der Waals surface area contributed by atoms with Gasteiger partial charge in [-0.3, -0.25) is 9.13 Å². The van der Waals surface area contributed by atoms with Crippen LogP contribution in [0.4, 0.5) is 0 Å². The molecule has 0 atom stereocenters. The fourth-order valence-electron chi connectivity index (χ4n) is 9.64. The molecule has 0 radical (unpaired) electrons. The summed E-state index contributed by atoms with van der Waals surface area (Å²) in [4.78, 5) is 21.0. The zero-order valence-electron chi connectivity index (χ0n) is 36.9. The van der Waals surface area contributed by atoms with Gasteiger partial charge in [0.25, 0.3) is 0 Å². The summed E-state index contributed by atoms with van der Waals surface area (Å²) in [7, 11) is 0. The largest absolute Gasteiger partial charge is 0.298 e. The van der Waals surface area contributed by atoms with Crippen LogP contribution in [0, 0.1) is 0 Å². The molecule has 0 unspecified atom stereocenters. The summed E-state index contributed by atoms with van der Waals surface area (Å²) >= 11 is 0. The Balaban J connectivity index is 1.21. The van der Waals surface area contributed by atoms with Gasteiger partial charge in [0.1, 0.15) is 11.3 Å². The Morgan fingerprint density at radius 2 is 1.25 bits per heavy atom. The van der Waals surface area contributed by atoms with E-state index in [9.17, 15) is 0 Å². The summed E-state index contributed by atoms with van der Waals surface area (Å²) in [6.07, 6.45) is 19.6. The topological polar surface area (TPSA) is 61.4 Å². The van der Waals surface area contributed by atoms with Crippen molar-refractivity contribution < 1.29 is 0 Å². The van der Waals surface area contributed by atoms with Crippen LogP contribution in [0.5, 0.6) is 0 Å². The van der Waals surface area contributed by atoms with Crippen molar-refractivity contribution in [1.29, 1.82) is 0 Å². The summed E-state index contributed by atoms with van der Waals surface area (Å²) < 4.78 is 4.70. The van der Waals surface area contributed by atoms with Gasteiger partial charge < -0.3 is 0 Å². The van der Waals surface area contributed by atoms with E-state index in [2.05, 4.69) is 157 Å². The van der Waals surface area contributed by atoms with Gasteiger partial charge in [0.15, 0.2) is 5.82 Å². The molecule has 0 spiro atoms. The highest BCUT2D eigenvalue weighted by molar-refractivity contribution is 5.93. The van der Waals surface area contributed by atoms with Gasteiger partial charge in [-0.05, 0) is 128 Å². The normalized spacial score (nSPS) is 13.0. The van der Waals surface area contributed by atoms with Crippen molar-refractivity contribution in [2.75, 3.05) is 0 Å². The van der Waals surface area contributed by atoms with E-state index in [1.54, 1.807) is 0 Å². The Morgan fingerprint density at radius 3 is 1.91 bits per heavy atom. The molecular weight excluding hydrogens is 781 g/mol. The summed E-state index contributed by atoms with van der Waals surface area (Å²) in [5.74, 6) is 0.686. The molecule has 0 fully saturated rings. The molecule has 314 valence electrons. The number of aryl methyl sites for hydroxylation is 2. The van der Waals surface area contributed by atoms with Crippen LogP contribution in [0.2, 0.25) is 0 Å². The summed E-state index contributed by atoms with van der Waals surface area (Å²) in [6, 6.07) is 45.0. The second kappa shape index (κ2) is 17.7. The first kappa shape index (κ1) is 40.6. The van der Waals surface area contributed by atoms with Crippen molar-refractivity contribution in [3.05, 3.63) is 193 Å². The standard InChI is InChI=1S/C58H52N6/c1-5-9-26-46(7-3)63-55-30-20-19-29-49(55)51-35-45(37-59-57(51)63)42-31-41(44-34-50-48(21-6-2)54(8-4)64(58(50)60-38-44)47-27-17-12-18-28-47)32-43(33-42)53-36-52(39-22-13-10-14-23-39)61-56(62-53)40-24-15-11-16-25-40/h5,7,9-18,22-28,31-38H,3,6,8,19-21,29-30H2,1-2,4H3/b9-5-,46-26+. The molecule has 5 heterocycles. The van der Waals surface area contributed by atoms with Crippen LogP contribution in [-0.4, -0.2) is 29.1 Å². The lowest BCUT2D eigenvalue weighted by Gasteiger charge is -2.16. The number of hydrogen-bond acceptors (Lipinski definition) is 4. The Labute approximate surface area is 376 Å². The second-order valence-corrected chi connectivity index (χ2v) is 16.7. The first-order valence-corrected chi connectivity index (χ1v) is 22.8. The van der Waals surface area contributed by atoms with Gasteiger partial charge in [-0.1, -0.05) is 118 Å². The Hall–Kier alpha value is -7.44. The van der Waals surface area contributed by atoms with E-state index in [0.717, 1.165) is 112 Å². The molecular formula is C58H52N6. The van der Waals surface area contributed by atoms with Crippen molar-refractivity contribution in [3.8, 4) is 61.8 Å². The molecule has 0 saturated heterocycles. The molecule has 1 aliphatic carbocycles. The number of allylic oxidation sites excluding steroid dienone is 5. The minimum Gasteiger partial charge on any atom is -0.298 e. The molecule has 9 aromatic rings. The third kappa shape index (κ3) is 7.49. The number of aromatic nitrogens is 6. The molecule has 0 N–H and O–H groups in total. The lowest BCUT2D eigenvalue weighted by atomic mass is 9.93. The first-order valence-electron chi connectivity index (χ1n) is 22.8. The third-order valence-corrected chi connectivity index (χ3v) is 12.6. The van der Waals surface area contributed by atoms with Gasteiger partial charge in [0, 0.05) is 73.8 Å². The van der Waals surface area contributed by atoms with Crippen molar-refractivity contribution in [1.82, 2.24) is 29.1 Å². The zero-order valence-corrected chi connectivity index (χ0v) is 36.9. The Kier molecular flexibility index (Phi) is 11.3. The number of para-hydroxylation sites is 1. The zero-order chi connectivity index (χ0) is 43.6. The van der Waals surface area contributed by atoms with E-state index < -0.39 is 0 Å². The molecule has 1 aliphatic rings. The van der Waals surface area contributed by atoms with Gasteiger partial charge in [-0.25, -0.2) is 19.9 Å². The van der Waals surface area contributed by atoms with E-state index in [1.807, 2.05) is 43.5 Å². The summed E-state index contributed by atoms with van der Waals surface area (Å²) in [5.41, 5.74) is 18.6. The van der Waals surface area contributed by atoms with E-state index in [4.69, 9.17) is 19.9 Å². The Morgan fingerprint density at radius 1 is 0.641 bits per heavy atom. The quantitative estimate of drug-likeness (QED) is 0.115. The SMILES string of the molecule is C=C/C(=C\C=C/C)n1c2c(c3cc(-c4cc(-c5cnc6c(c5)c(CCC)c(CC)n6-c5ccccc5)cc(-c5cc(-c6ccccc6)nc(-c6ccccc6)n5)c4)cnc31)CCCC2. The molecule has 0 aliphatic heterocycles. The van der Waals surface area contributed by atoms with Crippen LogP contribution < -0.4 is 0 Å². The smallest absolute Gasteiger partial charge is 0.160 e. The number of pyridine rings is 2. The average Bonchev–Trinajstić information content (AvgIpc) is 3.86. The highest BCUT2D eigenvalue weighted by Crippen LogP contribution is 2.40. The molecule has 5 aromatic heterocycles. The maximum Gasteiger partial charge on any atom is 0.160 e. The van der Waals surface area contributed by atoms with Crippen LogP contribution in [0.1, 0.15) is 62.5 Å². The lowest BCUT2D eigenvalue weighted by molar-refractivity contribution is 0.668. The first-order chi connectivity index (χ1) is 31.6. The van der Waals surface area contributed by atoms with Gasteiger partial charge in [-0.2, -0.15) is 0 Å². The maximum atomic E-state index is 5.31. The number of rotatable bonds is 12. The van der Waals surface area contributed by atoms with Gasteiger partial charge in [0.2, 0.25) is 0 Å². The molecule has 64 heavy (non-hydrogen) atoms. The molecule has 6 heteroatoms. The molecule has 0 amide bonds. The fraction of sp³-hybridized carbons (Fsp3) is 0.172. The molecule has 0 saturated carbocycles. The van der Waals surface area contributed by atoms with Crippen LogP contribution in [-0.2, 0) is 25.7 Å². The molecule has 4 aromatic carbocycles. The van der Waals surface area contributed by atoms with E-state index in [0.29, 0.717) is 5.82 Å². The van der Waals surface area contributed by atoms with Crippen molar-refractivity contribution in [3.63, 3.8) is 0 Å². The highest BCUT2D eigenvalue weighted by atomic mass is 15.1. The fourth-order valence-corrected chi connectivity index (χ4v) is 9.64. The average molecular weight is 833 g/mol. The molecule has 10 rings (SSSR count). The van der Waals surface area contributed by atoms with Crippen LogP contribution in [0.3, 0.4) is 0 Å². The lowest BCUT2D eigenvalue weighted by Crippen LogP contribution is -2.07. The predicted octanol–water partition coefficient (Wildman–Crippen LogP) is 14.5. The third-order valence-electron chi connectivity index (χ3n) is 12.6. The minimum atomic E-state index is 0.686. The van der Waals surface area contributed by atoms with E-state index in [-0.39, 0.29) is 0 Å². The van der Waals surface area contributed by atoms with Crippen molar-refractivity contribution in [2.45, 2.75) is 65.7 Å². The highest BCUT2D eigenvalue weighted by Gasteiger charge is 2.24. The van der Waals surface area contributed by atoms with Gasteiger partial charge in [-0.15, -0.1) is 0 Å². The summed E-state index contributed by atoms with van der Waals surface area (Å²) in [6.45, 7) is 10.8. The molecule has 6 nitrogen and oxygen atoms in total. The maximum absolute atomic E-state index is 5.31. The van der Waals surface area contributed by atoms with Gasteiger partial charge in [0.05, 0.1) is 11.4 Å². The number of benzene rings is 4. The van der Waals surface area contributed by atoms with E-state index in [1.165, 1.54) is 39.7 Å². The molecule has 0 bridgehead atoms. The minimum absolute atomic E-state index is 0.686. The number of fused-ring (bicyclic) bond motifs is 4. The summed E-state index contributed by atoms with van der Waals surface area (Å²) in [5, 5.41) is 2.40. The van der Waals surface area contributed by atoms with Crippen molar-refractivity contribution >= 4 is 27.8 Å². The number of hydrogen-bond donors (Lipinski definition) is 0. The monoisotopic (exact) mass is 832 g/mol. The van der Waals surface area contributed by atoms with Crippen LogP contribution >= 0.6 is 0 Å². The van der Waals surface area contributed by atoms with Crippen molar-refractivity contribution in [2.24, 2.45) is 0 Å². The van der Waals surface area contributed by atoms with E-state index >= 15 is 0 Å². The number of nitrogens with zero attached hydrogens (tertiary/aromatic N) is 6. The second-order valence-electron chi connectivity index (χ2n) is 16.7. The van der Waals surface area contributed by atoms with Gasteiger partial charge >= 0.3 is 0 Å². The van der Waals surface area contributed by atoms with Crippen LogP contribution in [0.15, 0.2) is 171 Å².